The molecule has 3 heteroatoms. The monoisotopic (exact) mass is 553 g/mol. The lowest BCUT2D eigenvalue weighted by molar-refractivity contribution is 0.415. The summed E-state index contributed by atoms with van der Waals surface area (Å²) < 4.78 is 10.9. The molecule has 0 radical (unpaired) electrons. The van der Waals surface area contributed by atoms with Crippen LogP contribution in [0.5, 0.6) is 11.5 Å². The summed E-state index contributed by atoms with van der Waals surface area (Å²) in [6.07, 6.45) is 0. The fourth-order valence-corrected chi connectivity index (χ4v) is 7.30. The molecule has 0 N–H and O–H groups in total. The first-order chi connectivity index (χ1) is 21.2. The van der Waals surface area contributed by atoms with Crippen LogP contribution in [0.1, 0.15) is 0 Å². The Hall–Kier alpha value is -5.54. The first kappa shape index (κ1) is 24.1. The van der Waals surface area contributed by atoms with E-state index in [0.717, 1.165) is 28.6 Å². The summed E-state index contributed by atoms with van der Waals surface area (Å²) in [6, 6.07) is 45.9. The van der Waals surface area contributed by atoms with Crippen molar-refractivity contribution in [2.75, 3.05) is 19.1 Å². The molecule has 0 bridgehead atoms. The summed E-state index contributed by atoms with van der Waals surface area (Å²) in [7, 11) is 3.40. The van der Waals surface area contributed by atoms with E-state index in [1.54, 1.807) is 14.2 Å². The molecule has 0 heterocycles. The largest absolute Gasteiger partial charge is 0.497 e. The molecule has 0 aliphatic rings. The normalized spacial score (nSPS) is 12.0. The van der Waals surface area contributed by atoms with Crippen LogP contribution in [0.2, 0.25) is 0 Å². The lowest BCUT2D eigenvalue weighted by Gasteiger charge is -2.26. The first-order valence-corrected chi connectivity index (χ1v) is 14.6. The second kappa shape index (κ2) is 8.98. The zero-order chi connectivity index (χ0) is 28.7. The molecule has 0 aliphatic heterocycles. The topological polar surface area (TPSA) is 21.7 Å². The van der Waals surface area contributed by atoms with E-state index in [2.05, 4.69) is 108 Å². The molecular formula is C40H27NO2. The Kier molecular flexibility index (Phi) is 5.03. The van der Waals surface area contributed by atoms with Crippen molar-refractivity contribution in [3.8, 4) is 11.5 Å². The van der Waals surface area contributed by atoms with Crippen LogP contribution in [0.25, 0.3) is 64.6 Å². The van der Waals surface area contributed by atoms with E-state index in [1.165, 1.54) is 64.6 Å². The van der Waals surface area contributed by atoms with E-state index in [9.17, 15) is 0 Å². The molecule has 0 aliphatic carbocycles. The van der Waals surface area contributed by atoms with Gasteiger partial charge in [-0.1, -0.05) is 66.7 Å². The minimum absolute atomic E-state index is 0.833. The number of methoxy groups -OCH3 is 2. The van der Waals surface area contributed by atoms with Crippen LogP contribution in [-0.2, 0) is 0 Å². The molecule has 0 fully saturated rings. The average Bonchev–Trinajstić information content (AvgIpc) is 3.59. The van der Waals surface area contributed by atoms with Gasteiger partial charge in [0, 0.05) is 17.1 Å². The molecule has 0 unspecified atom stereocenters. The number of rotatable bonds is 5. The Labute approximate surface area is 248 Å². The SMILES string of the molecule is COc1ccc(N(c2ccc(OC)cc2)c2ccc3c(c2)c2cccc4c5c6ccccc6c6cccc(c65)c3c24)cc1. The Morgan fingerprint density at radius 2 is 0.744 bits per heavy atom. The molecule has 43 heavy (non-hydrogen) atoms. The zero-order valence-corrected chi connectivity index (χ0v) is 23.9. The standard InChI is InChI=1S/C40H27NO2/c1-42-27-18-13-24(14-19-27)41(25-15-20-28(43-2)21-16-25)26-17-22-33-36(23-26)32-10-6-12-34-37-30-8-4-3-7-29(30)31-9-5-11-35(38(31)37)40(33)39(32)34/h3-23H,1-2H3. The van der Waals surface area contributed by atoms with Crippen molar-refractivity contribution in [1.82, 2.24) is 0 Å². The van der Waals surface area contributed by atoms with Crippen LogP contribution in [0.4, 0.5) is 17.1 Å². The lowest BCUT2D eigenvalue weighted by atomic mass is 9.95. The third kappa shape index (κ3) is 3.30. The van der Waals surface area contributed by atoms with Crippen LogP contribution in [0.15, 0.2) is 127 Å². The number of benzene rings is 7. The maximum absolute atomic E-state index is 5.46. The molecule has 0 aromatic heterocycles. The minimum Gasteiger partial charge on any atom is -0.497 e. The average molecular weight is 554 g/mol. The number of hydrogen-bond acceptors (Lipinski definition) is 3. The number of hydrogen-bond donors (Lipinski definition) is 0. The summed E-state index contributed by atoms with van der Waals surface area (Å²) in [5, 5.41) is 16.0. The highest BCUT2D eigenvalue weighted by molar-refractivity contribution is 6.47. The number of anilines is 3. The fraction of sp³-hybridized carbons (Fsp3) is 0.0500. The molecule has 0 amide bonds. The van der Waals surface area contributed by atoms with Gasteiger partial charge in [0.1, 0.15) is 11.5 Å². The maximum atomic E-state index is 5.46. The van der Waals surface area contributed by atoms with Gasteiger partial charge in [0.15, 0.2) is 0 Å². The van der Waals surface area contributed by atoms with Gasteiger partial charge in [0.25, 0.3) is 0 Å². The van der Waals surface area contributed by atoms with Gasteiger partial charge >= 0.3 is 0 Å². The highest BCUT2D eigenvalue weighted by Gasteiger charge is 2.22. The van der Waals surface area contributed by atoms with Crippen molar-refractivity contribution in [3.63, 3.8) is 0 Å². The molecular weight excluding hydrogens is 526 g/mol. The highest BCUT2D eigenvalue weighted by Crippen LogP contribution is 2.50. The second-order valence-corrected chi connectivity index (χ2v) is 11.2. The number of ether oxygens (including phenoxy) is 2. The quantitative estimate of drug-likeness (QED) is 0.198. The Morgan fingerprint density at radius 1 is 0.349 bits per heavy atom. The van der Waals surface area contributed by atoms with Gasteiger partial charge in [0.2, 0.25) is 0 Å². The van der Waals surface area contributed by atoms with Gasteiger partial charge in [0.05, 0.1) is 14.2 Å². The Morgan fingerprint density at radius 3 is 1.26 bits per heavy atom. The Bertz CT molecular complexity index is 2410. The molecule has 9 aromatic carbocycles. The summed E-state index contributed by atoms with van der Waals surface area (Å²) in [4.78, 5) is 2.29. The third-order valence-electron chi connectivity index (χ3n) is 9.14. The summed E-state index contributed by atoms with van der Waals surface area (Å²) >= 11 is 0. The van der Waals surface area contributed by atoms with Crippen molar-refractivity contribution in [3.05, 3.63) is 127 Å². The predicted molar refractivity (Wildman–Crippen MR) is 182 cm³/mol. The van der Waals surface area contributed by atoms with Crippen molar-refractivity contribution >= 4 is 81.7 Å². The third-order valence-corrected chi connectivity index (χ3v) is 9.14. The molecule has 0 atom stereocenters. The van der Waals surface area contributed by atoms with Crippen molar-refractivity contribution in [2.24, 2.45) is 0 Å². The van der Waals surface area contributed by atoms with Crippen molar-refractivity contribution < 1.29 is 9.47 Å². The van der Waals surface area contributed by atoms with Gasteiger partial charge in [-0.15, -0.1) is 0 Å². The molecule has 0 spiro atoms. The number of fused-ring (bicyclic) bond motifs is 8. The fourth-order valence-electron chi connectivity index (χ4n) is 7.30. The predicted octanol–water partition coefficient (Wildman–Crippen LogP) is 11.0. The van der Waals surface area contributed by atoms with E-state index in [1.807, 2.05) is 24.3 Å². The van der Waals surface area contributed by atoms with Crippen LogP contribution >= 0.6 is 0 Å². The first-order valence-electron chi connectivity index (χ1n) is 14.6. The smallest absolute Gasteiger partial charge is 0.119 e. The van der Waals surface area contributed by atoms with Gasteiger partial charge < -0.3 is 14.4 Å². The molecule has 3 nitrogen and oxygen atoms in total. The van der Waals surface area contributed by atoms with Gasteiger partial charge in [-0.2, -0.15) is 0 Å². The minimum atomic E-state index is 0.833. The van der Waals surface area contributed by atoms with Gasteiger partial charge in [-0.3, -0.25) is 0 Å². The maximum Gasteiger partial charge on any atom is 0.119 e. The highest BCUT2D eigenvalue weighted by atomic mass is 16.5. The summed E-state index contributed by atoms with van der Waals surface area (Å²) in [5.41, 5.74) is 3.22. The Balaban J connectivity index is 1.36. The van der Waals surface area contributed by atoms with E-state index in [4.69, 9.17) is 9.47 Å². The van der Waals surface area contributed by atoms with E-state index in [-0.39, 0.29) is 0 Å². The molecule has 9 aromatic rings. The van der Waals surface area contributed by atoms with E-state index < -0.39 is 0 Å². The van der Waals surface area contributed by atoms with Gasteiger partial charge in [-0.25, -0.2) is 0 Å². The second-order valence-electron chi connectivity index (χ2n) is 11.2. The molecule has 204 valence electrons. The van der Waals surface area contributed by atoms with Crippen LogP contribution in [-0.4, -0.2) is 14.2 Å². The van der Waals surface area contributed by atoms with E-state index >= 15 is 0 Å². The number of nitrogens with zero attached hydrogens (tertiary/aromatic N) is 1. The van der Waals surface area contributed by atoms with E-state index in [0.29, 0.717) is 0 Å². The zero-order valence-electron chi connectivity index (χ0n) is 23.9. The van der Waals surface area contributed by atoms with Crippen molar-refractivity contribution in [1.29, 1.82) is 0 Å². The molecule has 9 rings (SSSR count). The molecule has 0 saturated heterocycles. The van der Waals surface area contributed by atoms with Crippen LogP contribution < -0.4 is 14.4 Å². The summed E-state index contributed by atoms with van der Waals surface area (Å²) in [5.74, 6) is 1.67. The van der Waals surface area contributed by atoms with Crippen LogP contribution in [0.3, 0.4) is 0 Å². The lowest BCUT2D eigenvalue weighted by Crippen LogP contribution is -2.09. The molecule has 0 saturated carbocycles. The van der Waals surface area contributed by atoms with Crippen molar-refractivity contribution in [2.45, 2.75) is 0 Å². The van der Waals surface area contributed by atoms with Gasteiger partial charge in [-0.05, 0) is 125 Å². The summed E-state index contributed by atoms with van der Waals surface area (Å²) in [6.45, 7) is 0. The van der Waals surface area contributed by atoms with Crippen LogP contribution in [0, 0.1) is 0 Å².